The first kappa shape index (κ1) is 15.3. The van der Waals surface area contributed by atoms with Gasteiger partial charge in [-0.3, -0.25) is 5.10 Å². The molecule has 1 aliphatic heterocycles. The fraction of sp³-hybridized carbons (Fsp3) is 0.769. The van der Waals surface area contributed by atoms with Crippen molar-refractivity contribution >= 4 is 21.8 Å². The number of sulfonamides is 1. The second kappa shape index (κ2) is 6.28. The molecule has 2 N–H and O–H groups in total. The predicted octanol–water partition coefficient (Wildman–Crippen LogP) is 1.10. The summed E-state index contributed by atoms with van der Waals surface area (Å²) in [6, 6.07) is 0.534. The van der Waals surface area contributed by atoms with Gasteiger partial charge in [-0.15, -0.1) is 0 Å². The Kier molecular flexibility index (Phi) is 4.58. The number of rotatable bonds is 5. The zero-order valence-electron chi connectivity index (χ0n) is 12.3. The highest BCUT2D eigenvalue weighted by atomic mass is 32.2. The van der Waals surface area contributed by atoms with E-state index in [-0.39, 0.29) is 0 Å². The number of thioether (sulfide) groups is 1. The van der Waals surface area contributed by atoms with E-state index < -0.39 is 10.0 Å². The van der Waals surface area contributed by atoms with Crippen LogP contribution in [0.3, 0.4) is 0 Å². The van der Waals surface area contributed by atoms with Gasteiger partial charge in [0.1, 0.15) is 4.90 Å². The minimum Gasteiger partial charge on any atom is -0.308 e. The molecule has 2 heterocycles. The van der Waals surface area contributed by atoms with Gasteiger partial charge >= 0.3 is 0 Å². The van der Waals surface area contributed by atoms with Crippen molar-refractivity contribution in [1.82, 2.24) is 19.8 Å². The maximum absolute atomic E-state index is 12.9. The van der Waals surface area contributed by atoms with Crippen molar-refractivity contribution in [2.45, 2.75) is 43.7 Å². The Morgan fingerprint density at radius 1 is 1.38 bits per heavy atom. The largest absolute Gasteiger partial charge is 0.308 e. The van der Waals surface area contributed by atoms with E-state index in [0.717, 1.165) is 17.9 Å². The van der Waals surface area contributed by atoms with Crippen molar-refractivity contribution in [3.8, 4) is 0 Å². The van der Waals surface area contributed by atoms with Gasteiger partial charge in [-0.05, 0) is 31.9 Å². The molecule has 1 saturated carbocycles. The summed E-state index contributed by atoms with van der Waals surface area (Å²) < 4.78 is 27.5. The second-order valence-corrected chi connectivity index (χ2v) is 8.75. The van der Waals surface area contributed by atoms with E-state index in [1.807, 2.05) is 11.8 Å². The van der Waals surface area contributed by atoms with Crippen molar-refractivity contribution in [2.75, 3.05) is 24.6 Å². The molecular weight excluding hydrogens is 308 g/mol. The zero-order valence-corrected chi connectivity index (χ0v) is 13.9. The summed E-state index contributed by atoms with van der Waals surface area (Å²) in [6.45, 7) is 3.50. The van der Waals surface area contributed by atoms with E-state index in [2.05, 4.69) is 15.5 Å². The molecule has 0 radical (unpaired) electrons. The van der Waals surface area contributed by atoms with Crippen molar-refractivity contribution in [2.24, 2.45) is 0 Å². The quantitative estimate of drug-likeness (QED) is 0.845. The van der Waals surface area contributed by atoms with Crippen LogP contribution in [0.4, 0.5) is 0 Å². The van der Waals surface area contributed by atoms with Crippen molar-refractivity contribution in [3.63, 3.8) is 0 Å². The minimum atomic E-state index is -3.44. The van der Waals surface area contributed by atoms with E-state index in [0.29, 0.717) is 42.0 Å². The van der Waals surface area contributed by atoms with E-state index in [1.165, 1.54) is 12.8 Å². The van der Waals surface area contributed by atoms with Crippen LogP contribution in [0, 0.1) is 6.92 Å². The van der Waals surface area contributed by atoms with Crippen LogP contribution in [0.5, 0.6) is 0 Å². The van der Waals surface area contributed by atoms with E-state index in [9.17, 15) is 8.42 Å². The Bertz CT molecular complexity index is 587. The molecule has 1 aromatic rings. The Hall–Kier alpha value is -0.570. The standard InChI is InChI=1S/C13H22N4O2S2/c1-10-13(12(16-15-10)9-14-11-3-4-11)21(18,19)17-5-2-7-20-8-6-17/h11,14H,2-9H2,1H3,(H,15,16). The van der Waals surface area contributed by atoms with Crippen LogP contribution < -0.4 is 5.32 Å². The molecule has 6 nitrogen and oxygen atoms in total. The lowest BCUT2D eigenvalue weighted by atomic mass is 10.3. The van der Waals surface area contributed by atoms with Gasteiger partial charge < -0.3 is 5.32 Å². The normalized spacial score (nSPS) is 21.4. The lowest BCUT2D eigenvalue weighted by molar-refractivity contribution is 0.433. The number of aromatic nitrogens is 2. The van der Waals surface area contributed by atoms with Gasteiger partial charge in [0.05, 0.1) is 11.4 Å². The maximum Gasteiger partial charge on any atom is 0.246 e. The van der Waals surface area contributed by atoms with Gasteiger partial charge in [-0.2, -0.15) is 21.2 Å². The maximum atomic E-state index is 12.9. The molecule has 0 bridgehead atoms. The third-order valence-corrected chi connectivity index (χ3v) is 7.03. The van der Waals surface area contributed by atoms with Crippen LogP contribution in [-0.2, 0) is 16.6 Å². The molecule has 3 rings (SSSR count). The Morgan fingerprint density at radius 2 is 2.19 bits per heavy atom. The van der Waals surface area contributed by atoms with Crippen LogP contribution >= 0.6 is 11.8 Å². The molecule has 0 unspecified atom stereocenters. The van der Waals surface area contributed by atoms with E-state index in [4.69, 9.17) is 0 Å². The first-order valence-corrected chi connectivity index (χ1v) is 10.0. The third kappa shape index (κ3) is 3.44. The summed E-state index contributed by atoms with van der Waals surface area (Å²) in [5.41, 5.74) is 1.26. The number of aryl methyl sites for hydroxylation is 1. The smallest absolute Gasteiger partial charge is 0.246 e. The fourth-order valence-corrected chi connectivity index (χ4v) is 5.36. The summed E-state index contributed by atoms with van der Waals surface area (Å²) in [7, 11) is -3.44. The summed E-state index contributed by atoms with van der Waals surface area (Å²) in [4.78, 5) is 0.377. The molecule has 118 valence electrons. The first-order chi connectivity index (χ1) is 10.1. The lowest BCUT2D eigenvalue weighted by Gasteiger charge is -2.20. The summed E-state index contributed by atoms with van der Waals surface area (Å²) in [5.74, 6) is 1.90. The molecule has 0 amide bonds. The highest BCUT2D eigenvalue weighted by Crippen LogP contribution is 2.26. The molecule has 0 spiro atoms. The number of nitrogens with zero attached hydrogens (tertiary/aromatic N) is 2. The van der Waals surface area contributed by atoms with Gasteiger partial charge in [0.25, 0.3) is 0 Å². The molecule has 2 aliphatic rings. The summed E-state index contributed by atoms with van der Waals surface area (Å²) >= 11 is 1.82. The number of aromatic amines is 1. The van der Waals surface area contributed by atoms with Crippen LogP contribution in [0.25, 0.3) is 0 Å². The topological polar surface area (TPSA) is 78.1 Å². The van der Waals surface area contributed by atoms with Crippen LogP contribution in [0.1, 0.15) is 30.7 Å². The highest BCUT2D eigenvalue weighted by Gasteiger charge is 2.31. The fourth-order valence-electron chi connectivity index (χ4n) is 2.55. The average Bonchev–Trinajstić information content (AvgIpc) is 3.23. The summed E-state index contributed by atoms with van der Waals surface area (Å²) in [6.07, 6.45) is 3.26. The van der Waals surface area contributed by atoms with Gasteiger partial charge in [0.2, 0.25) is 10.0 Å². The minimum absolute atomic E-state index is 0.377. The molecule has 2 fully saturated rings. The molecular formula is C13H22N4O2S2. The average molecular weight is 330 g/mol. The number of hydrogen-bond acceptors (Lipinski definition) is 5. The Labute approximate surface area is 130 Å². The van der Waals surface area contributed by atoms with E-state index in [1.54, 1.807) is 11.2 Å². The molecule has 1 aliphatic carbocycles. The molecule has 1 aromatic heterocycles. The SMILES string of the molecule is Cc1[nH]nc(CNC2CC2)c1S(=O)(=O)N1CCCSCC1. The highest BCUT2D eigenvalue weighted by molar-refractivity contribution is 7.99. The van der Waals surface area contributed by atoms with Crippen LogP contribution in [-0.4, -0.2) is 53.6 Å². The number of nitrogens with one attached hydrogen (secondary N) is 2. The summed E-state index contributed by atoms with van der Waals surface area (Å²) in [5, 5.41) is 10.4. The monoisotopic (exact) mass is 330 g/mol. The lowest BCUT2D eigenvalue weighted by Crippen LogP contribution is -2.34. The van der Waals surface area contributed by atoms with Crippen LogP contribution in [0.2, 0.25) is 0 Å². The van der Waals surface area contributed by atoms with Crippen molar-refractivity contribution in [3.05, 3.63) is 11.4 Å². The Balaban J connectivity index is 1.84. The molecule has 1 saturated heterocycles. The van der Waals surface area contributed by atoms with Gasteiger partial charge in [0, 0.05) is 31.4 Å². The van der Waals surface area contributed by atoms with Crippen molar-refractivity contribution < 1.29 is 8.42 Å². The molecule has 0 aromatic carbocycles. The molecule has 21 heavy (non-hydrogen) atoms. The van der Waals surface area contributed by atoms with E-state index >= 15 is 0 Å². The first-order valence-electron chi connectivity index (χ1n) is 7.44. The van der Waals surface area contributed by atoms with Gasteiger partial charge in [-0.25, -0.2) is 8.42 Å². The zero-order chi connectivity index (χ0) is 14.9. The van der Waals surface area contributed by atoms with Crippen molar-refractivity contribution in [1.29, 1.82) is 0 Å². The molecule has 0 atom stereocenters. The third-order valence-electron chi connectivity index (χ3n) is 3.88. The van der Waals surface area contributed by atoms with Gasteiger partial charge in [0.15, 0.2) is 0 Å². The van der Waals surface area contributed by atoms with Crippen LogP contribution in [0.15, 0.2) is 4.90 Å². The second-order valence-electron chi connectivity index (χ2n) is 5.65. The molecule has 8 heteroatoms. The number of hydrogen-bond donors (Lipinski definition) is 2. The predicted molar refractivity (Wildman–Crippen MR) is 83.9 cm³/mol. The number of H-pyrrole nitrogens is 1. The Morgan fingerprint density at radius 3 is 2.95 bits per heavy atom. The van der Waals surface area contributed by atoms with Gasteiger partial charge in [-0.1, -0.05) is 0 Å².